The van der Waals surface area contributed by atoms with E-state index in [4.69, 9.17) is 4.74 Å². The summed E-state index contributed by atoms with van der Waals surface area (Å²) in [6.45, 7) is 1.79. The molecule has 1 aromatic carbocycles. The van der Waals surface area contributed by atoms with Gasteiger partial charge in [-0.2, -0.15) is 5.26 Å². The number of esters is 1. The number of ether oxygens (including phenoxy) is 1. The van der Waals surface area contributed by atoms with Crippen LogP contribution in [0.2, 0.25) is 0 Å². The Hall–Kier alpha value is -2.67. The molecular formula is C18H17NO3. The molecule has 1 unspecified atom stereocenters. The van der Waals surface area contributed by atoms with Crippen LogP contribution in [0.1, 0.15) is 25.3 Å². The summed E-state index contributed by atoms with van der Waals surface area (Å²) in [5, 5.41) is 9.53. The topological polar surface area (TPSA) is 67.2 Å². The Balaban J connectivity index is 2.18. The average molecular weight is 295 g/mol. The van der Waals surface area contributed by atoms with E-state index < -0.39 is 17.2 Å². The van der Waals surface area contributed by atoms with Crippen molar-refractivity contribution in [3.63, 3.8) is 0 Å². The molecule has 0 saturated carbocycles. The second kappa shape index (κ2) is 6.86. The predicted octanol–water partition coefficient (Wildman–Crippen LogP) is 3.06. The fourth-order valence-corrected chi connectivity index (χ4v) is 2.46. The van der Waals surface area contributed by atoms with Crippen LogP contribution in [0.3, 0.4) is 0 Å². The molecule has 0 radical (unpaired) electrons. The molecule has 1 aromatic rings. The molecule has 0 heterocycles. The lowest BCUT2D eigenvalue weighted by Crippen LogP contribution is -2.27. The van der Waals surface area contributed by atoms with Crippen molar-refractivity contribution in [3.8, 4) is 6.07 Å². The van der Waals surface area contributed by atoms with E-state index in [2.05, 4.69) is 6.07 Å². The maximum Gasteiger partial charge on any atom is 0.374 e. The smallest absolute Gasteiger partial charge is 0.374 e. The highest BCUT2D eigenvalue weighted by atomic mass is 16.5. The molecule has 0 aromatic heterocycles. The Morgan fingerprint density at radius 1 is 1.32 bits per heavy atom. The Labute approximate surface area is 129 Å². The van der Waals surface area contributed by atoms with Crippen LogP contribution < -0.4 is 0 Å². The average Bonchev–Trinajstić information content (AvgIpc) is 2.56. The molecule has 0 aliphatic heterocycles. The van der Waals surface area contributed by atoms with E-state index in [0.717, 1.165) is 11.1 Å². The molecule has 0 bridgehead atoms. The quantitative estimate of drug-likeness (QED) is 0.618. The summed E-state index contributed by atoms with van der Waals surface area (Å²) < 4.78 is 4.71. The zero-order valence-electron chi connectivity index (χ0n) is 12.4. The number of carbonyl (C=O) groups excluding carboxylic acids is 2. The number of rotatable bonds is 5. The first-order valence-corrected chi connectivity index (χ1v) is 7.15. The normalized spacial score (nSPS) is 19.9. The van der Waals surface area contributed by atoms with Gasteiger partial charge in [0.25, 0.3) is 0 Å². The lowest BCUT2D eigenvalue weighted by atomic mass is 9.74. The number of Topliss-reactive ketones (excluding diaryl/α,β-unsaturated/α-hetero) is 1. The Morgan fingerprint density at radius 3 is 2.68 bits per heavy atom. The summed E-state index contributed by atoms with van der Waals surface area (Å²) >= 11 is 0. The van der Waals surface area contributed by atoms with Gasteiger partial charge in [0.1, 0.15) is 0 Å². The molecule has 4 nitrogen and oxygen atoms in total. The minimum Gasteiger partial charge on any atom is -0.460 e. The molecule has 1 aliphatic carbocycles. The van der Waals surface area contributed by atoms with Crippen LogP contribution in [0.4, 0.5) is 0 Å². The number of carbonyl (C=O) groups is 2. The van der Waals surface area contributed by atoms with Gasteiger partial charge in [0.2, 0.25) is 5.78 Å². The van der Waals surface area contributed by atoms with E-state index >= 15 is 0 Å². The first kappa shape index (κ1) is 15.7. The molecule has 0 fully saturated rings. The van der Waals surface area contributed by atoms with Gasteiger partial charge in [-0.25, -0.2) is 4.79 Å². The van der Waals surface area contributed by atoms with E-state index in [1.807, 2.05) is 36.4 Å². The van der Waals surface area contributed by atoms with E-state index in [9.17, 15) is 14.9 Å². The second-order valence-electron chi connectivity index (χ2n) is 5.18. The Kier molecular flexibility index (Phi) is 4.90. The summed E-state index contributed by atoms with van der Waals surface area (Å²) in [6.07, 6.45) is 5.63. The summed E-state index contributed by atoms with van der Waals surface area (Å²) in [5.41, 5.74) is 0.986. The summed E-state index contributed by atoms with van der Waals surface area (Å²) in [6, 6.07) is 11.9. The van der Waals surface area contributed by atoms with Crippen molar-refractivity contribution in [1.29, 1.82) is 5.26 Å². The molecule has 0 amide bonds. The standard InChI is InChI=1S/C18H17NO3/c1-2-22-17(21)16(20)12-18(13-19)10-6-9-15(11-18)14-7-4-3-5-8-14/h3-10H,2,11-12H2,1H3. The van der Waals surface area contributed by atoms with Crippen molar-refractivity contribution in [2.45, 2.75) is 19.8 Å². The monoisotopic (exact) mass is 295 g/mol. The van der Waals surface area contributed by atoms with Crippen LogP contribution >= 0.6 is 0 Å². The summed E-state index contributed by atoms with van der Waals surface area (Å²) in [7, 11) is 0. The van der Waals surface area contributed by atoms with Crippen molar-refractivity contribution in [2.24, 2.45) is 5.41 Å². The van der Waals surface area contributed by atoms with Gasteiger partial charge in [-0.1, -0.05) is 48.6 Å². The van der Waals surface area contributed by atoms with Crippen molar-refractivity contribution in [2.75, 3.05) is 6.61 Å². The first-order valence-electron chi connectivity index (χ1n) is 7.15. The van der Waals surface area contributed by atoms with Crippen LogP contribution in [0.15, 0.2) is 48.6 Å². The van der Waals surface area contributed by atoms with Crippen LogP contribution in [-0.2, 0) is 14.3 Å². The maximum atomic E-state index is 11.9. The highest BCUT2D eigenvalue weighted by molar-refractivity contribution is 6.33. The molecule has 112 valence electrons. The van der Waals surface area contributed by atoms with Gasteiger partial charge < -0.3 is 4.74 Å². The van der Waals surface area contributed by atoms with E-state index in [1.54, 1.807) is 19.1 Å². The number of hydrogen-bond donors (Lipinski definition) is 0. The summed E-state index contributed by atoms with van der Waals surface area (Å²) in [4.78, 5) is 23.4. The van der Waals surface area contributed by atoms with Crippen molar-refractivity contribution in [1.82, 2.24) is 0 Å². The van der Waals surface area contributed by atoms with Gasteiger partial charge >= 0.3 is 5.97 Å². The largest absolute Gasteiger partial charge is 0.460 e. The van der Waals surface area contributed by atoms with Crippen LogP contribution in [0, 0.1) is 16.7 Å². The van der Waals surface area contributed by atoms with Crippen LogP contribution in [0.25, 0.3) is 5.57 Å². The van der Waals surface area contributed by atoms with Gasteiger partial charge in [0.05, 0.1) is 18.1 Å². The lowest BCUT2D eigenvalue weighted by molar-refractivity contribution is -0.154. The SMILES string of the molecule is CCOC(=O)C(=O)CC1(C#N)C=CC=C(c2ccccc2)C1. The molecule has 1 atom stereocenters. The number of nitriles is 1. The molecule has 4 heteroatoms. The number of nitrogens with zero attached hydrogens (tertiary/aromatic N) is 1. The Morgan fingerprint density at radius 2 is 2.05 bits per heavy atom. The molecule has 1 aliphatic rings. The predicted molar refractivity (Wildman–Crippen MR) is 82.5 cm³/mol. The molecule has 0 spiro atoms. The number of ketones is 1. The van der Waals surface area contributed by atoms with Crippen molar-refractivity contribution >= 4 is 17.3 Å². The van der Waals surface area contributed by atoms with E-state index in [-0.39, 0.29) is 13.0 Å². The third kappa shape index (κ3) is 3.50. The Bertz CT molecular complexity index is 667. The fourth-order valence-electron chi connectivity index (χ4n) is 2.46. The van der Waals surface area contributed by atoms with E-state index in [1.165, 1.54) is 0 Å². The van der Waals surface area contributed by atoms with Gasteiger partial charge in [-0.05, 0) is 24.5 Å². The molecular weight excluding hydrogens is 278 g/mol. The zero-order valence-corrected chi connectivity index (χ0v) is 12.4. The third-order valence-electron chi connectivity index (χ3n) is 3.56. The highest BCUT2D eigenvalue weighted by Crippen LogP contribution is 2.38. The first-order chi connectivity index (χ1) is 10.6. The van der Waals surface area contributed by atoms with Gasteiger partial charge in [0, 0.05) is 6.42 Å². The number of hydrogen-bond acceptors (Lipinski definition) is 4. The summed E-state index contributed by atoms with van der Waals surface area (Å²) in [5.74, 6) is -1.54. The fraction of sp³-hybridized carbons (Fsp3) is 0.278. The van der Waals surface area contributed by atoms with Crippen molar-refractivity contribution < 1.29 is 14.3 Å². The number of allylic oxidation sites excluding steroid dienone is 4. The van der Waals surface area contributed by atoms with Gasteiger partial charge in [-0.15, -0.1) is 0 Å². The lowest BCUT2D eigenvalue weighted by Gasteiger charge is -2.26. The van der Waals surface area contributed by atoms with E-state index in [0.29, 0.717) is 6.42 Å². The van der Waals surface area contributed by atoms with Crippen molar-refractivity contribution in [3.05, 3.63) is 54.1 Å². The molecule has 22 heavy (non-hydrogen) atoms. The van der Waals surface area contributed by atoms with Gasteiger partial charge in [-0.3, -0.25) is 4.79 Å². The minimum atomic E-state index is -0.996. The second-order valence-corrected chi connectivity index (χ2v) is 5.18. The molecule has 0 N–H and O–H groups in total. The molecule has 2 rings (SSSR count). The number of benzene rings is 1. The third-order valence-corrected chi connectivity index (χ3v) is 3.56. The maximum absolute atomic E-state index is 11.9. The zero-order chi connectivity index (χ0) is 16.0. The highest BCUT2D eigenvalue weighted by Gasteiger charge is 2.35. The van der Waals surface area contributed by atoms with Gasteiger partial charge in [0.15, 0.2) is 0 Å². The van der Waals surface area contributed by atoms with Crippen LogP contribution in [-0.4, -0.2) is 18.4 Å². The molecule has 0 saturated heterocycles. The van der Waals surface area contributed by atoms with Crippen LogP contribution in [0.5, 0.6) is 0 Å². The minimum absolute atomic E-state index is 0.148.